The van der Waals surface area contributed by atoms with Crippen molar-refractivity contribution in [2.75, 3.05) is 24.7 Å². The summed E-state index contributed by atoms with van der Waals surface area (Å²) in [7, 11) is 3.21. The molecule has 0 radical (unpaired) electrons. The predicted octanol–water partition coefficient (Wildman–Crippen LogP) is 3.67. The second-order valence-corrected chi connectivity index (χ2v) is 6.91. The molecule has 3 aromatic rings. The number of amides is 2. The van der Waals surface area contributed by atoms with E-state index >= 15 is 0 Å². The van der Waals surface area contributed by atoms with E-state index in [9.17, 15) is 18.4 Å². The number of thiazole rings is 1. The first-order chi connectivity index (χ1) is 13.9. The van der Waals surface area contributed by atoms with E-state index in [-0.39, 0.29) is 28.9 Å². The molecule has 1 aromatic heterocycles. The number of rotatable bonds is 6. The standard InChI is InChI=1S/C20H18F2N4O2S/c1-23-15-5-3-4-11(18(15)19(28)24-2)8-17(27)26-20-25-16(10-29-20)13-7-6-12(21)9-14(13)22/h3-7,9-10,23H,8H2,1-2H3,(H,24,28)(H,25,26,27). The third-order valence-corrected chi connectivity index (χ3v) is 4.94. The Hall–Kier alpha value is -3.33. The molecule has 2 amide bonds. The quantitative estimate of drug-likeness (QED) is 0.573. The van der Waals surface area contributed by atoms with Gasteiger partial charge in [-0.05, 0) is 23.8 Å². The molecule has 0 aliphatic heterocycles. The minimum absolute atomic E-state index is 0.0436. The number of benzene rings is 2. The van der Waals surface area contributed by atoms with Gasteiger partial charge >= 0.3 is 0 Å². The average molecular weight is 416 g/mol. The Morgan fingerprint density at radius 2 is 1.93 bits per heavy atom. The van der Waals surface area contributed by atoms with E-state index in [1.165, 1.54) is 13.1 Å². The van der Waals surface area contributed by atoms with Gasteiger partial charge in [-0.15, -0.1) is 11.3 Å². The molecule has 150 valence electrons. The number of hydrogen-bond acceptors (Lipinski definition) is 5. The summed E-state index contributed by atoms with van der Waals surface area (Å²) in [5, 5.41) is 10.0. The van der Waals surface area contributed by atoms with Crippen molar-refractivity contribution in [2.45, 2.75) is 6.42 Å². The Balaban J connectivity index is 1.77. The summed E-state index contributed by atoms with van der Waals surface area (Å²) in [5.74, 6) is -2.08. The maximum atomic E-state index is 13.9. The van der Waals surface area contributed by atoms with E-state index in [1.54, 1.807) is 30.6 Å². The van der Waals surface area contributed by atoms with Crippen molar-refractivity contribution in [3.8, 4) is 11.3 Å². The van der Waals surface area contributed by atoms with Crippen LogP contribution < -0.4 is 16.0 Å². The SMILES string of the molecule is CNC(=O)c1c(CC(=O)Nc2nc(-c3ccc(F)cc3F)cs2)cccc1NC. The van der Waals surface area contributed by atoms with Crippen LogP contribution in [-0.4, -0.2) is 30.9 Å². The van der Waals surface area contributed by atoms with Crippen molar-refractivity contribution in [2.24, 2.45) is 0 Å². The lowest BCUT2D eigenvalue weighted by molar-refractivity contribution is -0.115. The molecule has 0 spiro atoms. The molecule has 29 heavy (non-hydrogen) atoms. The van der Waals surface area contributed by atoms with E-state index in [0.717, 1.165) is 23.5 Å². The topological polar surface area (TPSA) is 83.1 Å². The summed E-state index contributed by atoms with van der Waals surface area (Å²) < 4.78 is 27.0. The molecule has 0 saturated heterocycles. The molecule has 2 aromatic carbocycles. The van der Waals surface area contributed by atoms with Crippen LogP contribution in [0.3, 0.4) is 0 Å². The highest BCUT2D eigenvalue weighted by Crippen LogP contribution is 2.28. The molecule has 0 aliphatic carbocycles. The zero-order chi connectivity index (χ0) is 21.0. The Kier molecular flexibility index (Phi) is 6.18. The van der Waals surface area contributed by atoms with Crippen LogP contribution in [0.2, 0.25) is 0 Å². The van der Waals surface area contributed by atoms with Gasteiger partial charge in [-0.3, -0.25) is 9.59 Å². The summed E-state index contributed by atoms with van der Waals surface area (Å²) in [6.45, 7) is 0. The molecule has 3 rings (SSSR count). The fraction of sp³-hybridized carbons (Fsp3) is 0.150. The second kappa shape index (κ2) is 8.78. The molecule has 0 aliphatic rings. The monoisotopic (exact) mass is 416 g/mol. The molecule has 0 saturated carbocycles. The lowest BCUT2D eigenvalue weighted by atomic mass is 10.0. The number of nitrogens with one attached hydrogen (secondary N) is 3. The molecular weight excluding hydrogens is 398 g/mol. The summed E-state index contributed by atoms with van der Waals surface area (Å²) in [4.78, 5) is 28.9. The third kappa shape index (κ3) is 4.57. The highest BCUT2D eigenvalue weighted by atomic mass is 32.1. The smallest absolute Gasteiger partial charge is 0.253 e. The zero-order valence-corrected chi connectivity index (χ0v) is 16.5. The van der Waals surface area contributed by atoms with Crippen LogP contribution in [0, 0.1) is 11.6 Å². The van der Waals surface area contributed by atoms with Gasteiger partial charge in [0.15, 0.2) is 5.13 Å². The molecule has 0 bridgehead atoms. The van der Waals surface area contributed by atoms with E-state index in [4.69, 9.17) is 0 Å². The lowest BCUT2D eigenvalue weighted by Crippen LogP contribution is -2.23. The molecular formula is C20H18F2N4O2S. The Bertz CT molecular complexity index is 1070. The van der Waals surface area contributed by atoms with Crippen molar-refractivity contribution in [3.05, 3.63) is 64.5 Å². The normalized spacial score (nSPS) is 10.5. The molecule has 0 fully saturated rings. The number of hydrogen-bond donors (Lipinski definition) is 3. The van der Waals surface area contributed by atoms with Crippen molar-refractivity contribution in [3.63, 3.8) is 0 Å². The Morgan fingerprint density at radius 1 is 1.14 bits per heavy atom. The summed E-state index contributed by atoms with van der Waals surface area (Å²) in [6, 6.07) is 8.42. The highest BCUT2D eigenvalue weighted by molar-refractivity contribution is 7.14. The summed E-state index contributed by atoms with van der Waals surface area (Å²) >= 11 is 1.12. The van der Waals surface area contributed by atoms with Gasteiger partial charge in [0.2, 0.25) is 5.91 Å². The zero-order valence-electron chi connectivity index (χ0n) is 15.7. The molecule has 6 nitrogen and oxygen atoms in total. The Morgan fingerprint density at radius 3 is 2.62 bits per heavy atom. The Labute approximate surface area is 170 Å². The fourth-order valence-electron chi connectivity index (χ4n) is 2.84. The fourth-order valence-corrected chi connectivity index (χ4v) is 3.56. The van der Waals surface area contributed by atoms with Gasteiger partial charge < -0.3 is 16.0 Å². The van der Waals surface area contributed by atoms with Crippen LogP contribution in [0.25, 0.3) is 11.3 Å². The molecule has 9 heteroatoms. The van der Waals surface area contributed by atoms with Crippen molar-refractivity contribution >= 4 is 34.0 Å². The maximum absolute atomic E-state index is 13.9. The minimum atomic E-state index is -0.729. The van der Waals surface area contributed by atoms with Crippen LogP contribution in [0.15, 0.2) is 41.8 Å². The highest BCUT2D eigenvalue weighted by Gasteiger charge is 2.18. The molecule has 0 unspecified atom stereocenters. The number of carbonyl (C=O) groups excluding carboxylic acids is 2. The van der Waals surface area contributed by atoms with E-state index in [1.807, 2.05) is 0 Å². The van der Waals surface area contributed by atoms with Gasteiger partial charge in [-0.2, -0.15) is 0 Å². The van der Waals surface area contributed by atoms with Crippen molar-refractivity contribution in [1.82, 2.24) is 10.3 Å². The number of carbonyl (C=O) groups is 2. The van der Waals surface area contributed by atoms with Crippen molar-refractivity contribution < 1.29 is 18.4 Å². The van der Waals surface area contributed by atoms with E-state index < -0.39 is 11.6 Å². The first-order valence-electron chi connectivity index (χ1n) is 8.65. The summed E-state index contributed by atoms with van der Waals surface area (Å²) in [6.07, 6.45) is -0.0436. The van der Waals surface area contributed by atoms with Crippen LogP contribution in [0.4, 0.5) is 19.6 Å². The molecule has 3 N–H and O–H groups in total. The predicted molar refractivity (Wildman–Crippen MR) is 109 cm³/mol. The lowest BCUT2D eigenvalue weighted by Gasteiger charge is -2.13. The van der Waals surface area contributed by atoms with Crippen LogP contribution in [-0.2, 0) is 11.2 Å². The van der Waals surface area contributed by atoms with Crippen LogP contribution >= 0.6 is 11.3 Å². The first-order valence-corrected chi connectivity index (χ1v) is 9.53. The van der Waals surface area contributed by atoms with Gasteiger partial charge in [0, 0.05) is 36.8 Å². The molecule has 0 atom stereocenters. The van der Waals surface area contributed by atoms with Gasteiger partial charge in [0.05, 0.1) is 17.7 Å². The van der Waals surface area contributed by atoms with Gasteiger partial charge in [-0.1, -0.05) is 12.1 Å². The number of aromatic nitrogens is 1. The van der Waals surface area contributed by atoms with Crippen molar-refractivity contribution in [1.29, 1.82) is 0 Å². The van der Waals surface area contributed by atoms with Crippen LogP contribution in [0.5, 0.6) is 0 Å². The van der Waals surface area contributed by atoms with Gasteiger partial charge in [0.1, 0.15) is 11.6 Å². The first kappa shape index (κ1) is 20.4. The minimum Gasteiger partial charge on any atom is -0.387 e. The number of halogens is 2. The van der Waals surface area contributed by atoms with Crippen LogP contribution in [0.1, 0.15) is 15.9 Å². The average Bonchev–Trinajstić information content (AvgIpc) is 3.15. The maximum Gasteiger partial charge on any atom is 0.253 e. The largest absolute Gasteiger partial charge is 0.387 e. The van der Waals surface area contributed by atoms with E-state index in [0.29, 0.717) is 22.5 Å². The van der Waals surface area contributed by atoms with E-state index in [2.05, 4.69) is 20.9 Å². The summed E-state index contributed by atoms with van der Waals surface area (Å²) in [5.41, 5.74) is 1.99. The third-order valence-electron chi connectivity index (χ3n) is 4.18. The molecule has 1 heterocycles. The number of anilines is 2. The van der Waals surface area contributed by atoms with Gasteiger partial charge in [0.25, 0.3) is 5.91 Å². The van der Waals surface area contributed by atoms with Gasteiger partial charge in [-0.25, -0.2) is 13.8 Å². The number of nitrogens with zero attached hydrogens (tertiary/aromatic N) is 1. The second-order valence-electron chi connectivity index (χ2n) is 6.06.